The summed E-state index contributed by atoms with van der Waals surface area (Å²) in [5.41, 5.74) is 2.69. The molecule has 20 heteroatoms. The van der Waals surface area contributed by atoms with E-state index < -0.39 is 10.8 Å². The number of fused-ring (bicyclic) bond motifs is 2. The molecule has 1 unspecified atom stereocenters. The van der Waals surface area contributed by atoms with Crippen molar-refractivity contribution in [3.8, 4) is 23.0 Å². The van der Waals surface area contributed by atoms with Crippen LogP contribution in [0.4, 0.5) is 10.3 Å². The van der Waals surface area contributed by atoms with Gasteiger partial charge in [0.15, 0.2) is 33.3 Å². The second-order valence-electron chi connectivity index (χ2n) is 18.1. The van der Waals surface area contributed by atoms with Gasteiger partial charge in [-0.2, -0.15) is 0 Å². The van der Waals surface area contributed by atoms with Crippen molar-refractivity contribution in [3.05, 3.63) is 139 Å². The van der Waals surface area contributed by atoms with E-state index in [-0.39, 0.29) is 74.5 Å². The maximum absolute atomic E-state index is 13.3. The number of benzene rings is 4. The number of aromatic nitrogens is 2. The Hall–Kier alpha value is -4.72. The van der Waals surface area contributed by atoms with Gasteiger partial charge in [-0.25, -0.2) is 9.97 Å². The lowest BCUT2D eigenvalue weighted by atomic mass is 9.94. The molecule has 14 nitrogen and oxygen atoms in total. The molecule has 4 aliphatic heterocycles. The van der Waals surface area contributed by atoms with E-state index in [1.54, 1.807) is 12.4 Å². The summed E-state index contributed by atoms with van der Waals surface area (Å²) in [5, 5.41) is 28.8. The zero-order chi connectivity index (χ0) is 46.6. The first-order valence-electron chi connectivity index (χ1n) is 22.7. The SMILES string of the molecule is Cl.Cl.O=C(Nc1ncc(C(c2ccccc2Cl)N2CC[C@@H](O)C2)s1)C1(c2ccc3c(c2)OCO3)CC1.O=C(Nc1ncc([C@H](c2ccccc2Cl)N2CC[C@@H](O)C2)s1)C1(c2ccc3c(c2)OCO3)CC1. The molecule has 368 valence electrons. The lowest BCUT2D eigenvalue weighted by Crippen LogP contribution is -2.28. The number of β-amino-alcohol motifs (C(OH)–C–C–N with tert-alkyl or cyclic N) is 2. The normalized spacial score (nSPS) is 20.8. The highest BCUT2D eigenvalue weighted by molar-refractivity contribution is 7.16. The molecule has 2 saturated heterocycles. The number of thiazole rings is 2. The maximum atomic E-state index is 13.3. The number of aliphatic hydroxyl groups excluding tert-OH is 2. The Morgan fingerprint density at radius 2 is 1.01 bits per heavy atom. The molecule has 2 saturated carbocycles. The van der Waals surface area contributed by atoms with Crippen molar-refractivity contribution in [2.75, 3.05) is 50.4 Å². The first-order valence-corrected chi connectivity index (χ1v) is 25.1. The molecule has 4 fully saturated rings. The van der Waals surface area contributed by atoms with Crippen molar-refractivity contribution in [1.29, 1.82) is 0 Å². The van der Waals surface area contributed by atoms with E-state index >= 15 is 0 Å². The van der Waals surface area contributed by atoms with Gasteiger partial charge in [-0.1, -0.05) is 94.4 Å². The van der Waals surface area contributed by atoms with Gasteiger partial charge in [0, 0.05) is 58.4 Å². The van der Waals surface area contributed by atoms with E-state index in [0.29, 0.717) is 56.4 Å². The minimum Gasteiger partial charge on any atom is -0.454 e. The fraction of sp³-hybridized carbons (Fsp3) is 0.360. The van der Waals surface area contributed by atoms with Crippen LogP contribution in [0.25, 0.3) is 0 Å². The average molecular weight is 1070 g/mol. The standard InChI is InChI=1S/2C25H24ClN3O4S.2ClH/c2*26-18-4-2-1-3-17(18)22(29-10-7-16(30)13-29)21-12-27-24(34-21)28-23(31)25(8-9-25)15-5-6-19-20(11-15)33-14-32-19;;/h2*1-6,11-12,16,22,30H,7-10,13-14H2,(H,27,28,31);2*1H/t16-,22?;16-,22+;;/m11../s1. The summed E-state index contributed by atoms with van der Waals surface area (Å²) in [6.07, 6.45) is 7.48. The number of hydrogen-bond acceptors (Lipinski definition) is 14. The second-order valence-corrected chi connectivity index (χ2v) is 21.0. The number of halogens is 4. The molecule has 6 heterocycles. The summed E-state index contributed by atoms with van der Waals surface area (Å²) in [6.45, 7) is 3.10. The third kappa shape index (κ3) is 9.92. The summed E-state index contributed by atoms with van der Waals surface area (Å²) >= 11 is 16.0. The Balaban J connectivity index is 0.000000169. The van der Waals surface area contributed by atoms with Gasteiger partial charge in [0.05, 0.1) is 35.1 Å². The molecule has 6 aliphatic rings. The molecular formula is C50H50Cl4N6O8S2. The number of ether oxygens (including phenoxy) is 4. The van der Waals surface area contributed by atoms with Gasteiger partial charge in [-0.05, 0) is 97.2 Å². The van der Waals surface area contributed by atoms with Crippen LogP contribution in [-0.4, -0.2) is 93.8 Å². The number of aliphatic hydroxyl groups is 2. The van der Waals surface area contributed by atoms with Gasteiger partial charge in [0.2, 0.25) is 25.4 Å². The van der Waals surface area contributed by atoms with Crippen molar-refractivity contribution >= 4 is 92.8 Å². The third-order valence-electron chi connectivity index (χ3n) is 13.8. The minimum atomic E-state index is -0.561. The van der Waals surface area contributed by atoms with Crippen LogP contribution in [0.3, 0.4) is 0 Å². The smallest absolute Gasteiger partial charge is 0.236 e. The summed E-state index contributed by atoms with van der Waals surface area (Å²) in [4.78, 5) is 42.1. The van der Waals surface area contributed by atoms with Crippen molar-refractivity contribution in [1.82, 2.24) is 19.8 Å². The topological polar surface area (TPSA) is 168 Å². The van der Waals surface area contributed by atoms with Crippen LogP contribution >= 0.6 is 70.7 Å². The number of nitrogens with one attached hydrogen (secondary N) is 2. The molecule has 2 aromatic heterocycles. The Morgan fingerprint density at radius 3 is 1.39 bits per heavy atom. The van der Waals surface area contributed by atoms with E-state index in [1.807, 2.05) is 84.9 Å². The predicted octanol–water partition coefficient (Wildman–Crippen LogP) is 9.55. The summed E-state index contributed by atoms with van der Waals surface area (Å²) < 4.78 is 21.8. The van der Waals surface area contributed by atoms with Crippen molar-refractivity contribution < 1.29 is 38.7 Å². The van der Waals surface area contributed by atoms with Crippen molar-refractivity contribution in [2.45, 2.75) is 73.6 Å². The van der Waals surface area contributed by atoms with Gasteiger partial charge in [0.25, 0.3) is 0 Å². The second kappa shape index (κ2) is 20.8. The fourth-order valence-electron chi connectivity index (χ4n) is 9.77. The van der Waals surface area contributed by atoms with Crippen molar-refractivity contribution in [2.24, 2.45) is 0 Å². The fourth-order valence-corrected chi connectivity index (χ4v) is 12.2. The van der Waals surface area contributed by atoms with Crippen LogP contribution in [0.5, 0.6) is 23.0 Å². The molecule has 12 rings (SSSR count). The van der Waals surface area contributed by atoms with Crippen LogP contribution < -0.4 is 29.6 Å². The number of likely N-dealkylation sites (tertiary alicyclic amines) is 2. The first-order chi connectivity index (χ1) is 33.1. The monoisotopic (exact) mass is 1070 g/mol. The highest BCUT2D eigenvalue weighted by Gasteiger charge is 2.53. The van der Waals surface area contributed by atoms with E-state index in [0.717, 1.165) is 83.6 Å². The third-order valence-corrected chi connectivity index (χ3v) is 16.4. The number of nitrogens with zero attached hydrogens (tertiary/aromatic N) is 4. The maximum Gasteiger partial charge on any atom is 0.236 e. The van der Waals surface area contributed by atoms with Crippen LogP contribution in [0.2, 0.25) is 10.0 Å². The summed E-state index contributed by atoms with van der Waals surface area (Å²) in [6, 6.07) is 26.7. The Kier molecular flexibility index (Phi) is 14.9. The molecule has 4 aromatic carbocycles. The number of amides is 2. The molecule has 2 amide bonds. The zero-order valence-electron chi connectivity index (χ0n) is 37.6. The molecule has 0 spiro atoms. The summed E-state index contributed by atoms with van der Waals surface area (Å²) in [5.74, 6) is 2.67. The van der Waals surface area contributed by atoms with E-state index in [1.165, 1.54) is 22.7 Å². The van der Waals surface area contributed by atoms with Crippen LogP contribution in [-0.2, 0) is 20.4 Å². The van der Waals surface area contributed by atoms with Crippen LogP contribution in [0.1, 0.15) is 82.6 Å². The van der Waals surface area contributed by atoms with Gasteiger partial charge < -0.3 is 39.8 Å². The number of carbonyl (C=O) groups is 2. The highest BCUT2D eigenvalue weighted by Crippen LogP contribution is 2.53. The largest absolute Gasteiger partial charge is 0.454 e. The molecule has 2 aliphatic carbocycles. The summed E-state index contributed by atoms with van der Waals surface area (Å²) in [7, 11) is 0. The van der Waals surface area contributed by atoms with Gasteiger partial charge in [-0.15, -0.1) is 24.8 Å². The quantitative estimate of drug-likeness (QED) is 0.0918. The Labute approximate surface area is 435 Å². The van der Waals surface area contributed by atoms with E-state index in [2.05, 4.69) is 30.4 Å². The van der Waals surface area contributed by atoms with Crippen LogP contribution in [0.15, 0.2) is 97.3 Å². The highest BCUT2D eigenvalue weighted by atomic mass is 35.5. The Morgan fingerprint density at radius 1 is 0.614 bits per heavy atom. The molecule has 0 radical (unpaired) electrons. The molecule has 4 N–H and O–H groups in total. The van der Waals surface area contributed by atoms with Crippen molar-refractivity contribution in [3.63, 3.8) is 0 Å². The van der Waals surface area contributed by atoms with E-state index in [4.69, 9.17) is 42.1 Å². The van der Waals surface area contributed by atoms with Gasteiger partial charge in [0.1, 0.15) is 0 Å². The first kappa shape index (κ1) is 50.2. The lowest BCUT2D eigenvalue weighted by Gasteiger charge is -2.27. The number of rotatable bonds is 12. The van der Waals surface area contributed by atoms with Crippen LogP contribution in [0, 0.1) is 0 Å². The predicted molar refractivity (Wildman–Crippen MR) is 274 cm³/mol. The molecular weight excluding hydrogens is 1020 g/mol. The molecule has 0 bridgehead atoms. The average Bonchev–Trinajstić information content (AvgIpc) is 3.71. The van der Waals surface area contributed by atoms with E-state index in [9.17, 15) is 19.8 Å². The number of carbonyl (C=O) groups excluding carboxylic acids is 2. The Bertz CT molecular complexity index is 2690. The minimum absolute atomic E-state index is 0. The van der Waals surface area contributed by atoms with Gasteiger partial charge in [-0.3, -0.25) is 19.4 Å². The number of anilines is 2. The molecule has 4 atom stereocenters. The molecule has 6 aromatic rings. The molecule has 70 heavy (non-hydrogen) atoms. The number of hydrogen-bond donors (Lipinski definition) is 4. The lowest BCUT2D eigenvalue weighted by molar-refractivity contribution is -0.119. The van der Waals surface area contributed by atoms with Gasteiger partial charge >= 0.3 is 0 Å². The zero-order valence-corrected chi connectivity index (χ0v) is 42.3.